The van der Waals surface area contributed by atoms with E-state index in [1.165, 1.54) is 23.1 Å². The van der Waals surface area contributed by atoms with Gasteiger partial charge in [0.25, 0.3) is 0 Å². The number of aryl methyl sites for hydroxylation is 3. The normalized spacial score (nSPS) is 10.9. The predicted octanol–water partition coefficient (Wildman–Crippen LogP) is 3.93. The Balaban J connectivity index is 1.43. The Hall–Kier alpha value is -2.17. The second-order valence-corrected chi connectivity index (χ2v) is 8.95. The summed E-state index contributed by atoms with van der Waals surface area (Å²) in [6, 6.07) is 5.58. The van der Waals surface area contributed by atoms with Crippen LogP contribution in [0, 0.1) is 6.92 Å². The first-order chi connectivity index (χ1) is 14.5. The first-order valence-electron chi connectivity index (χ1n) is 9.48. The fourth-order valence-corrected chi connectivity index (χ4v) is 4.26. The van der Waals surface area contributed by atoms with Crippen molar-refractivity contribution in [3.05, 3.63) is 39.6 Å². The number of anilines is 1. The number of nitrogens with zero attached hydrogens (tertiary/aromatic N) is 5. The van der Waals surface area contributed by atoms with E-state index in [-0.39, 0.29) is 11.7 Å². The molecule has 0 radical (unpaired) electrons. The fourth-order valence-electron chi connectivity index (χ4n) is 2.61. The number of amides is 1. The van der Waals surface area contributed by atoms with Crippen molar-refractivity contribution in [2.45, 2.75) is 38.3 Å². The molecular formula is C19H23ClN6O2S2. The molecule has 1 aromatic carbocycles. The van der Waals surface area contributed by atoms with Gasteiger partial charge >= 0.3 is 0 Å². The first-order valence-corrected chi connectivity index (χ1v) is 11.7. The molecule has 1 N–H and O–H groups in total. The molecular weight excluding hydrogens is 444 g/mol. The Bertz CT molecular complexity index is 1010. The summed E-state index contributed by atoms with van der Waals surface area (Å²) in [6.07, 6.45) is 2.33. The summed E-state index contributed by atoms with van der Waals surface area (Å²) >= 11 is 8.69. The van der Waals surface area contributed by atoms with Gasteiger partial charge in [-0.2, -0.15) is 0 Å². The van der Waals surface area contributed by atoms with Crippen LogP contribution in [0.5, 0.6) is 5.75 Å². The Labute approximate surface area is 188 Å². The molecule has 3 rings (SSSR count). The van der Waals surface area contributed by atoms with Gasteiger partial charge in [0.1, 0.15) is 16.6 Å². The van der Waals surface area contributed by atoms with Crippen molar-refractivity contribution in [2.75, 3.05) is 17.7 Å². The lowest BCUT2D eigenvalue weighted by Gasteiger charge is -2.09. The van der Waals surface area contributed by atoms with Crippen LogP contribution in [0.4, 0.5) is 5.13 Å². The van der Waals surface area contributed by atoms with E-state index in [1.54, 1.807) is 0 Å². The van der Waals surface area contributed by atoms with Crippen molar-refractivity contribution in [3.8, 4) is 5.75 Å². The summed E-state index contributed by atoms with van der Waals surface area (Å²) < 4.78 is 7.73. The number of benzene rings is 1. The molecule has 0 fully saturated rings. The number of carbonyl (C=O) groups excluding carboxylic acids is 1. The minimum atomic E-state index is -0.143. The highest BCUT2D eigenvalue weighted by Crippen LogP contribution is 2.22. The van der Waals surface area contributed by atoms with Crippen LogP contribution in [0.2, 0.25) is 5.02 Å². The van der Waals surface area contributed by atoms with Crippen LogP contribution < -0.4 is 10.1 Å². The fraction of sp³-hybridized carbons (Fsp3) is 0.421. The van der Waals surface area contributed by atoms with Crippen molar-refractivity contribution in [3.63, 3.8) is 0 Å². The van der Waals surface area contributed by atoms with E-state index in [1.807, 2.05) is 43.7 Å². The summed E-state index contributed by atoms with van der Waals surface area (Å²) in [6.45, 7) is 4.54. The molecule has 0 bridgehead atoms. The van der Waals surface area contributed by atoms with Gasteiger partial charge in [-0.1, -0.05) is 41.6 Å². The average molecular weight is 467 g/mol. The van der Waals surface area contributed by atoms with E-state index in [9.17, 15) is 4.79 Å². The number of aromatic nitrogens is 5. The van der Waals surface area contributed by atoms with Gasteiger partial charge in [0.15, 0.2) is 5.16 Å². The smallest absolute Gasteiger partial charge is 0.236 e. The molecule has 2 aromatic heterocycles. The number of carbonyl (C=O) groups is 1. The predicted molar refractivity (Wildman–Crippen MR) is 120 cm³/mol. The van der Waals surface area contributed by atoms with Crippen LogP contribution in [0.25, 0.3) is 0 Å². The molecule has 0 unspecified atom stereocenters. The van der Waals surface area contributed by atoms with Crippen molar-refractivity contribution < 1.29 is 9.53 Å². The molecule has 0 aliphatic carbocycles. The summed E-state index contributed by atoms with van der Waals surface area (Å²) in [4.78, 5) is 12.1. The van der Waals surface area contributed by atoms with Gasteiger partial charge in [0.05, 0.1) is 12.4 Å². The highest BCUT2D eigenvalue weighted by Gasteiger charge is 2.13. The Kier molecular flexibility index (Phi) is 8.06. The standard InChI is InChI=1S/C19H23ClN6O2S2/c1-4-17-23-24-18(30-17)21-16(27)11-29-19-25-22-15(26(19)3)6-5-9-28-14-8-7-13(20)10-12(14)2/h7-8,10H,4-6,9,11H2,1-3H3,(H,21,24,27). The van der Waals surface area contributed by atoms with Gasteiger partial charge in [-0.25, -0.2) is 0 Å². The van der Waals surface area contributed by atoms with Gasteiger partial charge in [-0.05, 0) is 43.5 Å². The van der Waals surface area contributed by atoms with Crippen LogP contribution in [-0.4, -0.2) is 43.2 Å². The van der Waals surface area contributed by atoms with Gasteiger partial charge in [-0.3, -0.25) is 10.1 Å². The molecule has 160 valence electrons. The van der Waals surface area contributed by atoms with E-state index in [0.717, 1.165) is 41.4 Å². The van der Waals surface area contributed by atoms with Crippen LogP contribution in [0.3, 0.4) is 0 Å². The number of hydrogen-bond donors (Lipinski definition) is 1. The second-order valence-electron chi connectivity index (χ2n) is 6.51. The molecule has 0 saturated carbocycles. The van der Waals surface area contributed by atoms with Crippen LogP contribution in [0.15, 0.2) is 23.4 Å². The van der Waals surface area contributed by atoms with Crippen LogP contribution in [-0.2, 0) is 24.7 Å². The molecule has 2 heterocycles. The maximum absolute atomic E-state index is 12.1. The SMILES string of the molecule is CCc1nnc(NC(=O)CSc2nnc(CCCOc3ccc(Cl)cc3C)n2C)s1. The molecule has 0 atom stereocenters. The van der Waals surface area contributed by atoms with E-state index >= 15 is 0 Å². The number of rotatable bonds is 10. The molecule has 0 saturated heterocycles. The minimum Gasteiger partial charge on any atom is -0.493 e. The van der Waals surface area contributed by atoms with Crippen molar-refractivity contribution in [1.29, 1.82) is 0 Å². The lowest BCUT2D eigenvalue weighted by atomic mass is 10.2. The van der Waals surface area contributed by atoms with Crippen molar-refractivity contribution in [1.82, 2.24) is 25.0 Å². The topological polar surface area (TPSA) is 94.8 Å². The van der Waals surface area contributed by atoms with E-state index < -0.39 is 0 Å². The zero-order valence-electron chi connectivity index (χ0n) is 17.0. The molecule has 11 heteroatoms. The summed E-state index contributed by atoms with van der Waals surface area (Å²) in [7, 11) is 1.90. The molecule has 0 aliphatic heterocycles. The number of nitrogens with one attached hydrogen (secondary N) is 1. The average Bonchev–Trinajstić information content (AvgIpc) is 3.31. The number of hydrogen-bond acceptors (Lipinski definition) is 8. The van der Waals surface area contributed by atoms with Gasteiger partial charge in [0.2, 0.25) is 11.0 Å². The number of thioether (sulfide) groups is 1. The Morgan fingerprint density at radius 2 is 2.13 bits per heavy atom. The maximum atomic E-state index is 12.1. The monoisotopic (exact) mass is 466 g/mol. The Morgan fingerprint density at radius 3 is 2.87 bits per heavy atom. The maximum Gasteiger partial charge on any atom is 0.236 e. The molecule has 1 amide bonds. The third-order valence-corrected chi connectivity index (χ3v) is 6.45. The quantitative estimate of drug-likeness (QED) is 0.357. The van der Waals surface area contributed by atoms with Crippen molar-refractivity contribution in [2.24, 2.45) is 7.05 Å². The third-order valence-electron chi connectivity index (χ3n) is 4.21. The van der Waals surface area contributed by atoms with Crippen molar-refractivity contribution >= 4 is 45.7 Å². The minimum absolute atomic E-state index is 0.143. The molecule has 3 aromatic rings. The van der Waals surface area contributed by atoms with Gasteiger partial charge in [-0.15, -0.1) is 20.4 Å². The first kappa shape index (κ1) is 22.5. The lowest BCUT2D eigenvalue weighted by molar-refractivity contribution is -0.113. The highest BCUT2D eigenvalue weighted by atomic mass is 35.5. The highest BCUT2D eigenvalue weighted by molar-refractivity contribution is 7.99. The second kappa shape index (κ2) is 10.7. The van der Waals surface area contributed by atoms with Crippen LogP contribution >= 0.6 is 34.7 Å². The zero-order valence-corrected chi connectivity index (χ0v) is 19.4. The molecule has 8 nitrogen and oxygen atoms in total. The number of ether oxygens (including phenoxy) is 1. The lowest BCUT2D eigenvalue weighted by Crippen LogP contribution is -2.14. The summed E-state index contributed by atoms with van der Waals surface area (Å²) in [5, 5.41) is 21.9. The van der Waals surface area contributed by atoms with Gasteiger partial charge in [0, 0.05) is 18.5 Å². The summed E-state index contributed by atoms with van der Waals surface area (Å²) in [5.41, 5.74) is 1.01. The number of halogens is 1. The Morgan fingerprint density at radius 1 is 1.30 bits per heavy atom. The van der Waals surface area contributed by atoms with E-state index in [2.05, 4.69) is 25.7 Å². The van der Waals surface area contributed by atoms with Gasteiger partial charge < -0.3 is 9.30 Å². The zero-order chi connectivity index (χ0) is 21.5. The summed E-state index contributed by atoms with van der Waals surface area (Å²) in [5.74, 6) is 1.77. The molecule has 0 aliphatic rings. The van der Waals surface area contributed by atoms with Crippen LogP contribution in [0.1, 0.15) is 29.7 Å². The molecule has 0 spiro atoms. The van der Waals surface area contributed by atoms with E-state index in [0.29, 0.717) is 21.9 Å². The third kappa shape index (κ3) is 6.16. The largest absolute Gasteiger partial charge is 0.493 e. The van der Waals surface area contributed by atoms with E-state index in [4.69, 9.17) is 16.3 Å². The molecule has 30 heavy (non-hydrogen) atoms.